The molecule has 108 valence electrons. The molecule has 0 saturated heterocycles. The summed E-state index contributed by atoms with van der Waals surface area (Å²) in [6.07, 6.45) is 6.70. The van der Waals surface area contributed by atoms with Crippen molar-refractivity contribution in [2.45, 2.75) is 26.8 Å². The van der Waals surface area contributed by atoms with Crippen molar-refractivity contribution in [2.75, 3.05) is 24.5 Å². The number of nitrogens with one attached hydrogen (secondary N) is 1. The van der Waals surface area contributed by atoms with Crippen LogP contribution in [0.3, 0.4) is 0 Å². The van der Waals surface area contributed by atoms with E-state index in [-0.39, 0.29) is 0 Å². The molecule has 0 spiro atoms. The maximum Gasteiger partial charge on any atom is 0.185 e. The normalized spacial score (nSPS) is 10.7. The molecule has 0 unspecified atom stereocenters. The molecule has 2 rings (SSSR count). The number of rotatable bonds is 8. The van der Waals surface area contributed by atoms with Crippen LogP contribution in [0.1, 0.15) is 24.3 Å². The Labute approximate surface area is 124 Å². The summed E-state index contributed by atoms with van der Waals surface area (Å²) in [5.74, 6) is 0. The van der Waals surface area contributed by atoms with Gasteiger partial charge in [-0.25, -0.2) is 4.98 Å². The van der Waals surface area contributed by atoms with Gasteiger partial charge in [0.2, 0.25) is 0 Å². The third-order valence-corrected chi connectivity index (χ3v) is 4.27. The van der Waals surface area contributed by atoms with E-state index in [4.69, 9.17) is 0 Å². The van der Waals surface area contributed by atoms with Gasteiger partial charge in [0.25, 0.3) is 0 Å². The molecule has 2 aromatic rings. The summed E-state index contributed by atoms with van der Waals surface area (Å²) >= 11 is 1.78. The molecule has 0 fully saturated rings. The van der Waals surface area contributed by atoms with Crippen molar-refractivity contribution < 1.29 is 0 Å². The minimum atomic E-state index is 0.893. The number of anilines is 1. The number of hydrogen-bond acceptors (Lipinski definition) is 5. The summed E-state index contributed by atoms with van der Waals surface area (Å²) < 4.78 is 0. The Kier molecular flexibility index (Phi) is 5.95. The topological polar surface area (TPSA) is 41.1 Å². The van der Waals surface area contributed by atoms with Gasteiger partial charge in [-0.15, -0.1) is 11.3 Å². The van der Waals surface area contributed by atoms with Gasteiger partial charge in [0.15, 0.2) is 5.13 Å². The van der Waals surface area contributed by atoms with Crippen molar-refractivity contribution in [1.29, 1.82) is 0 Å². The van der Waals surface area contributed by atoms with Crippen LogP contribution in [0.5, 0.6) is 0 Å². The molecule has 0 radical (unpaired) electrons. The van der Waals surface area contributed by atoms with Crippen molar-refractivity contribution in [3.63, 3.8) is 0 Å². The lowest BCUT2D eigenvalue weighted by molar-refractivity contribution is 0.692. The van der Waals surface area contributed by atoms with E-state index in [1.807, 2.05) is 18.6 Å². The SMILES string of the molecule is CCN(CC)c1ncc(CNCCc2ccncc2)s1. The summed E-state index contributed by atoms with van der Waals surface area (Å²) in [6, 6.07) is 4.12. The van der Waals surface area contributed by atoms with E-state index in [1.165, 1.54) is 10.4 Å². The zero-order chi connectivity index (χ0) is 14.2. The monoisotopic (exact) mass is 290 g/mol. The first-order valence-electron chi connectivity index (χ1n) is 7.12. The summed E-state index contributed by atoms with van der Waals surface area (Å²) in [7, 11) is 0. The molecule has 1 N–H and O–H groups in total. The number of thiazole rings is 1. The lowest BCUT2D eigenvalue weighted by atomic mass is 10.2. The van der Waals surface area contributed by atoms with Gasteiger partial charge < -0.3 is 10.2 Å². The van der Waals surface area contributed by atoms with E-state index in [0.717, 1.165) is 37.7 Å². The molecule has 0 atom stereocenters. The van der Waals surface area contributed by atoms with Gasteiger partial charge >= 0.3 is 0 Å². The fourth-order valence-corrected chi connectivity index (χ4v) is 3.02. The minimum Gasteiger partial charge on any atom is -0.349 e. The van der Waals surface area contributed by atoms with Crippen molar-refractivity contribution >= 4 is 16.5 Å². The summed E-state index contributed by atoms with van der Waals surface area (Å²) in [4.78, 5) is 12.1. The third kappa shape index (κ3) is 4.28. The Hall–Kier alpha value is -1.46. The van der Waals surface area contributed by atoms with E-state index in [0.29, 0.717) is 0 Å². The lowest BCUT2D eigenvalue weighted by Gasteiger charge is -2.16. The van der Waals surface area contributed by atoms with E-state index in [1.54, 1.807) is 11.3 Å². The fraction of sp³-hybridized carbons (Fsp3) is 0.467. The molecule has 20 heavy (non-hydrogen) atoms. The maximum absolute atomic E-state index is 4.49. The quantitative estimate of drug-likeness (QED) is 0.759. The van der Waals surface area contributed by atoms with Crippen molar-refractivity contribution in [3.05, 3.63) is 41.2 Å². The summed E-state index contributed by atoms with van der Waals surface area (Å²) in [5, 5.41) is 4.60. The van der Waals surface area contributed by atoms with Crippen LogP contribution in [0.4, 0.5) is 5.13 Å². The van der Waals surface area contributed by atoms with Crippen LogP contribution in [0.15, 0.2) is 30.7 Å². The highest BCUT2D eigenvalue weighted by Crippen LogP contribution is 2.21. The molecule has 0 amide bonds. The van der Waals surface area contributed by atoms with E-state index in [2.05, 4.69) is 46.2 Å². The molecule has 0 aromatic carbocycles. The van der Waals surface area contributed by atoms with Crippen LogP contribution in [-0.2, 0) is 13.0 Å². The average molecular weight is 290 g/mol. The molecule has 0 aliphatic rings. The molecule has 0 aliphatic heterocycles. The first-order chi connectivity index (χ1) is 9.83. The second-order valence-corrected chi connectivity index (χ2v) is 5.66. The van der Waals surface area contributed by atoms with Crippen LogP contribution < -0.4 is 10.2 Å². The van der Waals surface area contributed by atoms with Crippen molar-refractivity contribution in [1.82, 2.24) is 15.3 Å². The van der Waals surface area contributed by atoms with Crippen LogP contribution in [-0.4, -0.2) is 29.6 Å². The smallest absolute Gasteiger partial charge is 0.185 e. The number of pyridine rings is 1. The Balaban J connectivity index is 1.74. The standard InChI is InChI=1S/C15H22N4S/c1-3-19(4-2)15-18-12-14(20-15)11-17-10-7-13-5-8-16-9-6-13/h5-6,8-9,12,17H,3-4,7,10-11H2,1-2H3. The predicted octanol–water partition coefficient (Wildman–Crippen LogP) is 2.72. The molecule has 4 nitrogen and oxygen atoms in total. The Bertz CT molecular complexity index is 494. The van der Waals surface area contributed by atoms with Gasteiger partial charge in [0.05, 0.1) is 0 Å². The molecule has 0 bridgehead atoms. The molecular weight excluding hydrogens is 268 g/mol. The molecule has 2 aromatic heterocycles. The van der Waals surface area contributed by atoms with Gasteiger partial charge in [0, 0.05) is 43.1 Å². The minimum absolute atomic E-state index is 0.893. The summed E-state index contributed by atoms with van der Waals surface area (Å²) in [5.41, 5.74) is 1.32. The first kappa shape index (κ1) is 14.9. The Morgan fingerprint density at radius 3 is 2.65 bits per heavy atom. The highest BCUT2D eigenvalue weighted by molar-refractivity contribution is 7.15. The molecule has 0 saturated carbocycles. The predicted molar refractivity (Wildman–Crippen MR) is 85.3 cm³/mol. The van der Waals surface area contributed by atoms with Gasteiger partial charge in [-0.2, -0.15) is 0 Å². The van der Waals surface area contributed by atoms with Crippen LogP contribution in [0, 0.1) is 0 Å². The van der Waals surface area contributed by atoms with Gasteiger partial charge in [0.1, 0.15) is 0 Å². The molecular formula is C15H22N4S. The van der Waals surface area contributed by atoms with Gasteiger partial charge in [-0.1, -0.05) is 0 Å². The second-order valence-electron chi connectivity index (χ2n) is 4.56. The average Bonchev–Trinajstić information content (AvgIpc) is 2.95. The van der Waals surface area contributed by atoms with E-state index < -0.39 is 0 Å². The van der Waals surface area contributed by atoms with Crippen LogP contribution >= 0.6 is 11.3 Å². The third-order valence-electron chi connectivity index (χ3n) is 3.21. The van der Waals surface area contributed by atoms with Crippen LogP contribution in [0.25, 0.3) is 0 Å². The second kappa shape index (κ2) is 7.97. The maximum atomic E-state index is 4.49. The summed E-state index contributed by atoms with van der Waals surface area (Å²) in [6.45, 7) is 8.22. The van der Waals surface area contributed by atoms with Gasteiger partial charge in [-0.05, 0) is 44.5 Å². The highest BCUT2D eigenvalue weighted by Gasteiger charge is 2.07. The zero-order valence-electron chi connectivity index (χ0n) is 12.2. The number of hydrogen-bond donors (Lipinski definition) is 1. The van der Waals surface area contributed by atoms with Crippen LogP contribution in [0.2, 0.25) is 0 Å². The lowest BCUT2D eigenvalue weighted by Crippen LogP contribution is -2.21. The molecule has 5 heteroatoms. The van der Waals surface area contributed by atoms with Crippen molar-refractivity contribution in [2.24, 2.45) is 0 Å². The van der Waals surface area contributed by atoms with Gasteiger partial charge in [-0.3, -0.25) is 4.98 Å². The number of nitrogens with zero attached hydrogens (tertiary/aromatic N) is 3. The molecule has 2 heterocycles. The fourth-order valence-electron chi connectivity index (χ4n) is 2.01. The Morgan fingerprint density at radius 1 is 1.20 bits per heavy atom. The van der Waals surface area contributed by atoms with Crippen molar-refractivity contribution in [3.8, 4) is 0 Å². The largest absolute Gasteiger partial charge is 0.349 e. The Morgan fingerprint density at radius 2 is 1.95 bits per heavy atom. The first-order valence-corrected chi connectivity index (χ1v) is 7.94. The highest BCUT2D eigenvalue weighted by atomic mass is 32.1. The number of aromatic nitrogens is 2. The van der Waals surface area contributed by atoms with E-state index >= 15 is 0 Å². The zero-order valence-corrected chi connectivity index (χ0v) is 13.0. The van der Waals surface area contributed by atoms with E-state index in [9.17, 15) is 0 Å². The molecule has 0 aliphatic carbocycles.